The van der Waals surface area contributed by atoms with Crippen LogP contribution in [0.25, 0.3) is 72.3 Å². The first-order chi connectivity index (χ1) is 33.9. The standard InChI is InChI=1S/C54H34N4O2.Pt/c1-4-16-38(17-5-1)45-25-15-26-46(39-18-6-2-7-19-39)54(45)57-37-56(50-28-12-13-29-51(50)57)40-20-14-23-42(34-40)60-43-30-31-48-47-24-10-11-27-49(47)58(52(48)35-43)53-36-44(32-33-55-53)59-41-21-8-3-9-22-41;/h1-33,36H;/q-2;/i1D,2D,4D,5D,6D,7D,16D,17D,18D,19D;. The van der Waals surface area contributed by atoms with Crippen LogP contribution in [0.15, 0.2) is 206 Å². The molecule has 0 amide bonds. The molecule has 0 N–H and O–H groups in total. The molecule has 11 aromatic rings. The molecule has 0 aliphatic carbocycles. The second-order valence-corrected chi connectivity index (χ2v) is 13.7. The van der Waals surface area contributed by atoms with Crippen LogP contribution in [0.1, 0.15) is 13.7 Å². The van der Waals surface area contributed by atoms with Crippen LogP contribution in [-0.2, 0) is 21.1 Å². The van der Waals surface area contributed by atoms with Gasteiger partial charge in [-0.05, 0) is 57.6 Å². The molecule has 0 saturated heterocycles. The molecule has 3 aromatic heterocycles. The quantitative estimate of drug-likeness (QED) is 0.107. The zero-order valence-electron chi connectivity index (χ0n) is 41.8. The molecule has 8 aromatic carbocycles. The molecule has 0 fully saturated rings. The fraction of sp³-hybridized carbons (Fsp3) is 0. The van der Waals surface area contributed by atoms with E-state index in [9.17, 15) is 0 Å². The van der Waals surface area contributed by atoms with E-state index < -0.39 is 60.4 Å². The number of para-hydroxylation sites is 5. The summed E-state index contributed by atoms with van der Waals surface area (Å²) in [7, 11) is 0. The van der Waals surface area contributed by atoms with Crippen molar-refractivity contribution in [2.24, 2.45) is 0 Å². The Labute approximate surface area is 381 Å². The summed E-state index contributed by atoms with van der Waals surface area (Å²) in [4.78, 5) is 4.74. The van der Waals surface area contributed by atoms with Gasteiger partial charge in [0.2, 0.25) is 0 Å². The summed E-state index contributed by atoms with van der Waals surface area (Å²) in [6, 6.07) is 43.9. The van der Waals surface area contributed by atoms with Crippen LogP contribution in [0, 0.1) is 18.5 Å². The van der Waals surface area contributed by atoms with Gasteiger partial charge in [-0.1, -0.05) is 145 Å². The number of aromatic nitrogens is 4. The second kappa shape index (κ2) is 16.3. The van der Waals surface area contributed by atoms with Crippen molar-refractivity contribution in [3.05, 3.63) is 225 Å². The maximum atomic E-state index is 8.99. The van der Waals surface area contributed by atoms with Gasteiger partial charge in [-0.2, -0.15) is 18.2 Å². The Morgan fingerprint density at radius 2 is 1.23 bits per heavy atom. The number of hydrogen-bond acceptors (Lipinski definition) is 3. The summed E-state index contributed by atoms with van der Waals surface area (Å²) in [5, 5.41) is 1.93. The molecule has 0 saturated carbocycles. The van der Waals surface area contributed by atoms with E-state index in [1.54, 1.807) is 69.9 Å². The predicted octanol–water partition coefficient (Wildman–Crippen LogP) is 12.7. The molecule has 0 bridgehead atoms. The Balaban J connectivity index is 0.00000582. The molecular formula is C54H34N4O2Pt-2. The molecule has 0 spiro atoms. The minimum absolute atomic E-state index is 0. The van der Waals surface area contributed by atoms with E-state index in [1.165, 1.54) is 0 Å². The number of pyridine rings is 1. The van der Waals surface area contributed by atoms with Gasteiger partial charge in [-0.15, -0.1) is 29.7 Å². The van der Waals surface area contributed by atoms with Crippen LogP contribution >= 0.6 is 0 Å². The summed E-state index contributed by atoms with van der Waals surface area (Å²) < 4.78 is 105. The largest absolute Gasteiger partial charge is 0.510 e. The van der Waals surface area contributed by atoms with Crippen molar-refractivity contribution in [2.45, 2.75) is 0 Å². The third kappa shape index (κ3) is 7.07. The third-order valence-electron chi connectivity index (χ3n) is 10.1. The van der Waals surface area contributed by atoms with Crippen LogP contribution in [0.2, 0.25) is 0 Å². The van der Waals surface area contributed by atoms with Gasteiger partial charge < -0.3 is 18.6 Å². The summed E-state index contributed by atoms with van der Waals surface area (Å²) in [5.74, 6) is 2.66. The number of imidazole rings is 1. The van der Waals surface area contributed by atoms with Crippen LogP contribution in [0.4, 0.5) is 0 Å². The van der Waals surface area contributed by atoms with Crippen molar-refractivity contribution in [3.63, 3.8) is 0 Å². The Kier molecular flexibility index (Phi) is 7.47. The van der Waals surface area contributed by atoms with Crippen LogP contribution in [-0.4, -0.2) is 14.1 Å². The number of fused-ring (bicyclic) bond motifs is 4. The zero-order valence-corrected chi connectivity index (χ0v) is 34.1. The van der Waals surface area contributed by atoms with Gasteiger partial charge in [0.25, 0.3) is 6.33 Å². The van der Waals surface area contributed by atoms with Gasteiger partial charge >= 0.3 is 0 Å². The van der Waals surface area contributed by atoms with E-state index in [4.69, 9.17) is 28.2 Å². The average Bonchev–Trinajstić information content (AvgIpc) is 3.93. The molecule has 6 nitrogen and oxygen atoms in total. The first-order valence-corrected chi connectivity index (χ1v) is 19.0. The maximum Gasteiger partial charge on any atom is 0.268 e. The van der Waals surface area contributed by atoms with Crippen molar-refractivity contribution in [1.82, 2.24) is 14.1 Å². The topological polar surface area (TPSA) is 45.1 Å². The Bertz CT molecular complexity index is 3790. The molecular weight excluding hydrogens is 932 g/mol. The van der Waals surface area contributed by atoms with Crippen LogP contribution in [0.5, 0.6) is 23.0 Å². The third-order valence-corrected chi connectivity index (χ3v) is 10.1. The van der Waals surface area contributed by atoms with E-state index in [0.29, 0.717) is 45.5 Å². The number of nitrogens with zero attached hydrogens (tertiary/aromatic N) is 4. The molecule has 0 unspecified atom stereocenters. The van der Waals surface area contributed by atoms with Gasteiger partial charge in [0.05, 0.1) is 30.4 Å². The summed E-state index contributed by atoms with van der Waals surface area (Å²) in [6.07, 6.45) is 5.09. The normalized spacial score (nSPS) is 13.4. The van der Waals surface area contributed by atoms with Gasteiger partial charge in [-0.25, -0.2) is 4.98 Å². The van der Waals surface area contributed by atoms with Gasteiger partial charge in [0.15, 0.2) is 0 Å². The zero-order chi connectivity index (χ0) is 48.5. The Hall–Kier alpha value is -7.53. The van der Waals surface area contributed by atoms with Gasteiger partial charge in [-0.3, -0.25) is 4.57 Å². The fourth-order valence-electron chi connectivity index (χ4n) is 7.49. The number of hydrogen-bond donors (Lipinski definition) is 0. The minimum Gasteiger partial charge on any atom is -0.510 e. The molecule has 3 heterocycles. The molecule has 0 aliphatic rings. The summed E-state index contributed by atoms with van der Waals surface area (Å²) >= 11 is 0. The predicted molar refractivity (Wildman–Crippen MR) is 237 cm³/mol. The van der Waals surface area contributed by atoms with Crippen molar-refractivity contribution < 1.29 is 48.8 Å². The molecule has 61 heavy (non-hydrogen) atoms. The Morgan fingerprint density at radius 1 is 0.557 bits per heavy atom. The van der Waals surface area contributed by atoms with E-state index in [-0.39, 0.29) is 49.0 Å². The molecule has 294 valence electrons. The van der Waals surface area contributed by atoms with Gasteiger partial charge in [0, 0.05) is 50.3 Å². The minimum atomic E-state index is -0.577. The van der Waals surface area contributed by atoms with Crippen molar-refractivity contribution >= 4 is 32.8 Å². The maximum absolute atomic E-state index is 8.99. The fourth-order valence-corrected chi connectivity index (χ4v) is 7.49. The van der Waals surface area contributed by atoms with Crippen LogP contribution in [0.3, 0.4) is 0 Å². The molecule has 0 atom stereocenters. The summed E-state index contributed by atoms with van der Waals surface area (Å²) in [6.45, 7) is 0. The monoisotopic (exact) mass is 975 g/mol. The molecule has 0 radical (unpaired) electrons. The molecule has 7 heteroatoms. The van der Waals surface area contributed by atoms with Crippen molar-refractivity contribution in [1.29, 1.82) is 0 Å². The number of ether oxygens (including phenoxy) is 2. The van der Waals surface area contributed by atoms with E-state index in [1.807, 2.05) is 89.5 Å². The van der Waals surface area contributed by atoms with Gasteiger partial charge in [0.1, 0.15) is 17.3 Å². The first-order valence-electron chi connectivity index (χ1n) is 24.0. The van der Waals surface area contributed by atoms with Crippen molar-refractivity contribution in [3.8, 4) is 62.4 Å². The smallest absolute Gasteiger partial charge is 0.268 e. The second-order valence-electron chi connectivity index (χ2n) is 13.7. The molecule has 11 rings (SSSR count). The molecule has 0 aliphatic heterocycles. The van der Waals surface area contributed by atoms with Crippen LogP contribution < -0.4 is 14.0 Å². The van der Waals surface area contributed by atoms with Crippen molar-refractivity contribution in [2.75, 3.05) is 0 Å². The number of rotatable bonds is 9. The van der Waals surface area contributed by atoms with E-state index >= 15 is 0 Å². The SMILES string of the molecule is [2H]c1c([2H])c([2H])c(-c2cccc(-c3c([2H])c([2H])c([2H])c([2H])c3[2H])c2-[n+]2[c-]n(-c3[c-]c(Oc4[c-]c5c(cc4)c4ccccc4n5-c4cc(Oc5ccccc5)ccn4)ccc3)c3ccccc32)c([2H])c1[2H].[Pt]. The van der Waals surface area contributed by atoms with E-state index in [0.717, 1.165) is 21.8 Å². The Morgan fingerprint density at radius 3 is 2.00 bits per heavy atom. The average molecular weight is 976 g/mol. The number of benzene rings is 8. The first kappa shape index (κ1) is 28.0. The summed E-state index contributed by atoms with van der Waals surface area (Å²) in [5.41, 5.74) is 3.38. The van der Waals surface area contributed by atoms with E-state index in [2.05, 4.69) is 18.5 Å².